The van der Waals surface area contributed by atoms with Crippen molar-refractivity contribution in [3.8, 4) is 22.3 Å². The van der Waals surface area contributed by atoms with Gasteiger partial charge in [-0.05, 0) is 50.9 Å². The second-order valence-electron chi connectivity index (χ2n) is 8.28. The van der Waals surface area contributed by atoms with E-state index in [1.807, 2.05) is 0 Å². The van der Waals surface area contributed by atoms with Crippen LogP contribution in [0.25, 0.3) is 22.3 Å². The monoisotopic (exact) mass is 360 g/mol. The third kappa shape index (κ3) is 2.77. The summed E-state index contributed by atoms with van der Waals surface area (Å²) >= 11 is 0. The van der Waals surface area contributed by atoms with Crippen molar-refractivity contribution in [1.82, 2.24) is 0 Å². The third-order valence-electron chi connectivity index (χ3n) is 6.15. The fourth-order valence-corrected chi connectivity index (χ4v) is 4.67. The van der Waals surface area contributed by atoms with Crippen LogP contribution in [0.5, 0.6) is 0 Å². The van der Waals surface area contributed by atoms with E-state index in [4.69, 9.17) is 0 Å². The molecule has 0 N–H and O–H groups in total. The summed E-state index contributed by atoms with van der Waals surface area (Å²) in [6.45, 7) is 4.71. The minimum Gasteiger partial charge on any atom is -0.0622 e. The second-order valence-corrected chi connectivity index (χ2v) is 8.28. The van der Waals surface area contributed by atoms with E-state index in [1.165, 1.54) is 44.5 Å². The molecule has 1 aliphatic rings. The van der Waals surface area contributed by atoms with E-state index in [0.29, 0.717) is 0 Å². The van der Waals surface area contributed by atoms with Gasteiger partial charge in [-0.1, -0.05) is 111 Å². The fraction of sp³-hybridized carbons (Fsp3) is 0.143. The Labute approximate surface area is 167 Å². The lowest BCUT2D eigenvalue weighted by atomic mass is 9.68. The van der Waals surface area contributed by atoms with Crippen LogP contribution in [-0.2, 0) is 11.8 Å². The molecule has 0 heterocycles. The molecule has 0 nitrogen and oxygen atoms in total. The lowest BCUT2D eigenvalue weighted by molar-refractivity contribution is 0.611. The van der Waals surface area contributed by atoms with Gasteiger partial charge in [0, 0.05) is 5.41 Å². The number of benzene rings is 4. The highest BCUT2D eigenvalue weighted by atomic mass is 14.4. The molecule has 0 radical (unpaired) electrons. The zero-order valence-electron chi connectivity index (χ0n) is 16.4. The van der Waals surface area contributed by atoms with Gasteiger partial charge in [0.15, 0.2) is 0 Å². The van der Waals surface area contributed by atoms with Gasteiger partial charge < -0.3 is 0 Å². The first-order valence-corrected chi connectivity index (χ1v) is 10.0. The Bertz CT molecular complexity index is 1040. The molecular weight excluding hydrogens is 336 g/mol. The van der Waals surface area contributed by atoms with Crippen LogP contribution in [-0.4, -0.2) is 0 Å². The van der Waals surface area contributed by atoms with Crippen LogP contribution in [0, 0.1) is 0 Å². The third-order valence-corrected chi connectivity index (χ3v) is 6.15. The molecule has 136 valence electrons. The van der Waals surface area contributed by atoms with Crippen LogP contribution in [0.2, 0.25) is 0 Å². The molecule has 0 bridgehead atoms. The molecule has 0 unspecified atom stereocenters. The van der Waals surface area contributed by atoms with Crippen molar-refractivity contribution in [2.45, 2.75) is 25.7 Å². The summed E-state index contributed by atoms with van der Waals surface area (Å²) in [6, 6.07) is 35.4. The summed E-state index contributed by atoms with van der Waals surface area (Å²) in [5, 5.41) is 0. The molecule has 0 fully saturated rings. The van der Waals surface area contributed by atoms with Crippen LogP contribution in [0.4, 0.5) is 0 Å². The van der Waals surface area contributed by atoms with Gasteiger partial charge in [-0.3, -0.25) is 0 Å². The molecule has 0 saturated heterocycles. The average molecular weight is 361 g/mol. The number of rotatable bonds is 2. The van der Waals surface area contributed by atoms with E-state index in [9.17, 15) is 0 Å². The molecule has 28 heavy (non-hydrogen) atoms. The molecule has 0 spiro atoms. The molecule has 1 aliphatic carbocycles. The van der Waals surface area contributed by atoms with Crippen molar-refractivity contribution in [1.29, 1.82) is 0 Å². The highest BCUT2D eigenvalue weighted by Crippen LogP contribution is 2.43. The van der Waals surface area contributed by atoms with Crippen molar-refractivity contribution in [2.75, 3.05) is 0 Å². The van der Waals surface area contributed by atoms with E-state index in [-0.39, 0.29) is 5.41 Å². The van der Waals surface area contributed by atoms with Crippen LogP contribution in [0.3, 0.4) is 0 Å². The molecule has 0 heteroatoms. The van der Waals surface area contributed by atoms with Crippen molar-refractivity contribution in [2.24, 2.45) is 0 Å². The number of hydrogen-bond acceptors (Lipinski definition) is 0. The summed E-state index contributed by atoms with van der Waals surface area (Å²) in [4.78, 5) is 0. The minimum atomic E-state index is 0.0212. The summed E-state index contributed by atoms with van der Waals surface area (Å²) < 4.78 is 0. The van der Waals surface area contributed by atoms with Gasteiger partial charge in [0.1, 0.15) is 0 Å². The van der Waals surface area contributed by atoms with Crippen molar-refractivity contribution >= 4 is 0 Å². The first kappa shape index (κ1) is 17.0. The van der Waals surface area contributed by atoms with Gasteiger partial charge in [-0.25, -0.2) is 0 Å². The van der Waals surface area contributed by atoms with E-state index in [1.54, 1.807) is 0 Å². The SMILES string of the molecule is CC1(C)c2ccc(-c3ccccc3)cc2Cc2cc(-c3ccccc3)ccc21. The molecule has 4 aromatic carbocycles. The van der Waals surface area contributed by atoms with Crippen LogP contribution in [0.1, 0.15) is 36.1 Å². The maximum Gasteiger partial charge on any atom is 0.0152 e. The Morgan fingerprint density at radius 1 is 0.500 bits per heavy atom. The minimum absolute atomic E-state index is 0.0212. The smallest absolute Gasteiger partial charge is 0.0152 e. The van der Waals surface area contributed by atoms with Gasteiger partial charge >= 0.3 is 0 Å². The quantitative estimate of drug-likeness (QED) is 0.353. The molecular formula is C28H24. The predicted octanol–water partition coefficient (Wildman–Crippen LogP) is 7.25. The lowest BCUT2D eigenvalue weighted by Crippen LogP contribution is -2.27. The number of hydrogen-bond donors (Lipinski definition) is 0. The molecule has 0 saturated carbocycles. The Hall–Kier alpha value is -3.12. The topological polar surface area (TPSA) is 0 Å². The molecule has 4 aromatic rings. The highest BCUT2D eigenvalue weighted by molar-refractivity contribution is 5.70. The van der Waals surface area contributed by atoms with E-state index < -0.39 is 0 Å². The first-order valence-electron chi connectivity index (χ1n) is 10.0. The number of fused-ring (bicyclic) bond motifs is 2. The van der Waals surface area contributed by atoms with E-state index in [0.717, 1.165) is 6.42 Å². The Morgan fingerprint density at radius 3 is 1.36 bits per heavy atom. The molecule has 5 rings (SSSR count). The summed E-state index contributed by atoms with van der Waals surface area (Å²) in [5.41, 5.74) is 11.0. The van der Waals surface area contributed by atoms with Gasteiger partial charge in [0.25, 0.3) is 0 Å². The van der Waals surface area contributed by atoms with Crippen molar-refractivity contribution in [3.05, 3.63) is 119 Å². The van der Waals surface area contributed by atoms with E-state index >= 15 is 0 Å². The maximum absolute atomic E-state index is 2.39. The van der Waals surface area contributed by atoms with Crippen molar-refractivity contribution < 1.29 is 0 Å². The van der Waals surface area contributed by atoms with Crippen LogP contribution in [0.15, 0.2) is 97.1 Å². The van der Waals surface area contributed by atoms with Gasteiger partial charge in [0.05, 0.1) is 0 Å². The second kappa shape index (κ2) is 6.49. The summed E-state index contributed by atoms with van der Waals surface area (Å²) in [7, 11) is 0. The standard InChI is InChI=1S/C28H24/c1-28(2)26-15-13-22(20-9-5-3-6-10-20)17-24(26)19-25-18-23(14-16-27(25)28)21-11-7-4-8-12-21/h3-18H,19H2,1-2H3. The first-order chi connectivity index (χ1) is 13.6. The fourth-order valence-electron chi connectivity index (χ4n) is 4.67. The lowest BCUT2D eigenvalue weighted by Gasteiger charge is -2.36. The van der Waals surface area contributed by atoms with E-state index in [2.05, 4.69) is 111 Å². The Balaban J connectivity index is 1.61. The maximum atomic E-state index is 2.39. The van der Waals surface area contributed by atoms with Crippen LogP contribution < -0.4 is 0 Å². The highest BCUT2D eigenvalue weighted by Gasteiger charge is 2.32. The predicted molar refractivity (Wildman–Crippen MR) is 119 cm³/mol. The zero-order valence-corrected chi connectivity index (χ0v) is 16.4. The molecule has 0 aliphatic heterocycles. The van der Waals surface area contributed by atoms with Crippen LogP contribution >= 0.6 is 0 Å². The normalized spacial score (nSPS) is 14.2. The largest absolute Gasteiger partial charge is 0.0622 e. The van der Waals surface area contributed by atoms with Gasteiger partial charge in [0.2, 0.25) is 0 Å². The van der Waals surface area contributed by atoms with Gasteiger partial charge in [-0.2, -0.15) is 0 Å². The average Bonchev–Trinajstić information content (AvgIpc) is 2.74. The van der Waals surface area contributed by atoms with Gasteiger partial charge in [-0.15, -0.1) is 0 Å². The molecule has 0 amide bonds. The summed E-state index contributed by atoms with van der Waals surface area (Å²) in [6.07, 6.45) is 0.995. The Kier molecular flexibility index (Phi) is 3.94. The molecule has 0 aromatic heterocycles. The summed E-state index contributed by atoms with van der Waals surface area (Å²) in [5.74, 6) is 0. The molecule has 0 atom stereocenters. The zero-order chi connectivity index (χ0) is 19.1. The van der Waals surface area contributed by atoms with Crippen molar-refractivity contribution in [3.63, 3.8) is 0 Å². The Morgan fingerprint density at radius 2 is 0.929 bits per heavy atom.